The summed E-state index contributed by atoms with van der Waals surface area (Å²) in [6.07, 6.45) is -2.37. The van der Waals surface area contributed by atoms with Gasteiger partial charge in [-0.3, -0.25) is 9.36 Å². The van der Waals surface area contributed by atoms with Gasteiger partial charge in [0.05, 0.1) is 13.2 Å². The lowest BCUT2D eigenvalue weighted by atomic mass is 10.0. The fraction of sp³-hybridized carbons (Fsp3) is 0.357. The largest absolute Gasteiger partial charge is 0.493 e. The number of rotatable bonds is 12. The summed E-state index contributed by atoms with van der Waals surface area (Å²) < 4.78 is 13.4. The molecule has 0 radical (unpaired) electrons. The maximum absolute atomic E-state index is 10.9. The van der Waals surface area contributed by atoms with Gasteiger partial charge in [-0.1, -0.05) is 42.5 Å². The normalized spacial score (nSPS) is 20.4. The molecule has 0 spiro atoms. The number of carboxylic acid groups (broad SMARTS) is 1. The highest BCUT2D eigenvalue weighted by Crippen LogP contribution is 2.36. The number of nitrogens with two attached hydrogens (primary N) is 1. The molecule has 4 atom stereocenters. The topological polar surface area (TPSA) is 198 Å². The first-order chi connectivity index (χ1) is 19.9. The van der Waals surface area contributed by atoms with E-state index in [9.17, 15) is 20.1 Å². The van der Waals surface area contributed by atoms with Crippen LogP contribution in [0.5, 0.6) is 5.75 Å². The third-order valence-corrected chi connectivity index (χ3v) is 6.93. The van der Waals surface area contributed by atoms with E-state index in [0.29, 0.717) is 25.2 Å². The number of aliphatic carboxylic acids is 1. The smallest absolute Gasteiger partial charge is 0.303 e. The Morgan fingerprint density at radius 1 is 1.07 bits per heavy atom. The number of ether oxygens (including phenoxy) is 2. The summed E-state index contributed by atoms with van der Waals surface area (Å²) in [7, 11) is 0. The lowest BCUT2D eigenvalue weighted by molar-refractivity contribution is -0.137. The van der Waals surface area contributed by atoms with Crippen molar-refractivity contribution < 1.29 is 34.7 Å². The monoisotopic (exact) mass is 564 g/mol. The van der Waals surface area contributed by atoms with Crippen molar-refractivity contribution >= 4 is 28.9 Å². The molecule has 0 aliphatic carbocycles. The van der Waals surface area contributed by atoms with Crippen LogP contribution >= 0.6 is 0 Å². The van der Waals surface area contributed by atoms with Gasteiger partial charge in [0.25, 0.3) is 0 Å². The van der Waals surface area contributed by atoms with Gasteiger partial charge in [0.1, 0.15) is 30.4 Å². The van der Waals surface area contributed by atoms with Gasteiger partial charge in [-0.15, -0.1) is 0 Å². The average Bonchev–Trinajstić information content (AvgIpc) is 3.49. The van der Waals surface area contributed by atoms with Crippen molar-refractivity contribution in [2.24, 2.45) is 0 Å². The van der Waals surface area contributed by atoms with E-state index in [1.54, 1.807) is 0 Å². The molecular weight excluding hydrogens is 532 g/mol. The second-order valence-electron chi connectivity index (χ2n) is 9.71. The minimum atomic E-state index is -1.36. The molecule has 0 amide bonds. The predicted molar refractivity (Wildman–Crippen MR) is 149 cm³/mol. The molecule has 2 aromatic heterocycles. The van der Waals surface area contributed by atoms with Crippen molar-refractivity contribution in [1.29, 1.82) is 0 Å². The molecule has 13 nitrogen and oxygen atoms in total. The van der Waals surface area contributed by atoms with Crippen LogP contribution in [0.15, 0.2) is 54.9 Å². The van der Waals surface area contributed by atoms with Crippen molar-refractivity contribution in [3.05, 3.63) is 60.4 Å². The van der Waals surface area contributed by atoms with Crippen molar-refractivity contribution in [1.82, 2.24) is 19.5 Å². The number of carbonyl (C=O) groups is 1. The average molecular weight is 565 g/mol. The molecule has 1 aliphatic heterocycles. The lowest BCUT2D eigenvalue weighted by Crippen LogP contribution is -2.33. The minimum absolute atomic E-state index is 0.0744. The number of aliphatic hydroxyl groups excluding tert-OH is 3. The molecule has 13 heteroatoms. The van der Waals surface area contributed by atoms with Gasteiger partial charge in [-0.25, -0.2) is 15.0 Å². The first-order valence-electron chi connectivity index (χ1n) is 13.2. The molecule has 216 valence electrons. The molecule has 5 rings (SSSR count). The van der Waals surface area contributed by atoms with Crippen molar-refractivity contribution in [2.45, 2.75) is 50.3 Å². The number of unbranched alkanes of at least 4 members (excludes halogenated alkanes) is 1. The standard InChI is InChI=1S/C28H32N6O7/c29-25-22-26(32-15-31-25)34(27-24(39)23(38)20(14-35)41-27)28(33-22)30-13-18-10-9-17(16-6-2-1-3-7-16)12-19(18)40-11-5-4-8-21(36)37/h1-3,6-7,9-10,12,15,20,23-24,27,35,38-39H,4-5,8,11,13-14H2,(H,30,33)(H,36,37)(H2,29,31,32)/t20-,23-,24-,27-/m1/s1. The van der Waals surface area contributed by atoms with Crippen LogP contribution in [0.1, 0.15) is 31.1 Å². The van der Waals surface area contributed by atoms with Gasteiger partial charge in [-0.05, 0) is 30.0 Å². The summed E-state index contributed by atoms with van der Waals surface area (Å²) >= 11 is 0. The highest BCUT2D eigenvalue weighted by atomic mass is 16.6. The quantitative estimate of drug-likeness (QED) is 0.137. The zero-order chi connectivity index (χ0) is 28.9. The molecule has 1 aliphatic rings. The van der Waals surface area contributed by atoms with E-state index in [1.165, 1.54) is 10.9 Å². The SMILES string of the molecule is Nc1ncnc2c1nc(NCc1ccc(-c3ccccc3)cc1OCCCCC(=O)O)n2[C@@H]1O[C@H](CO)[C@@H](O)[C@H]1O. The fourth-order valence-electron chi connectivity index (χ4n) is 4.77. The summed E-state index contributed by atoms with van der Waals surface area (Å²) in [5, 5.41) is 42.9. The van der Waals surface area contributed by atoms with Crippen LogP contribution in [0.4, 0.5) is 11.8 Å². The zero-order valence-electron chi connectivity index (χ0n) is 22.1. The molecule has 4 aromatic rings. The van der Waals surface area contributed by atoms with Crippen LogP contribution in [0.25, 0.3) is 22.3 Å². The fourth-order valence-corrected chi connectivity index (χ4v) is 4.77. The highest BCUT2D eigenvalue weighted by molar-refractivity contribution is 5.84. The van der Waals surface area contributed by atoms with E-state index in [0.717, 1.165) is 16.7 Å². The molecule has 2 aromatic carbocycles. The number of anilines is 2. The number of aromatic nitrogens is 4. The van der Waals surface area contributed by atoms with E-state index < -0.39 is 37.1 Å². The number of nitrogens with one attached hydrogen (secondary N) is 1. The number of hydrogen-bond acceptors (Lipinski definition) is 11. The summed E-state index contributed by atoms with van der Waals surface area (Å²) in [6, 6.07) is 15.7. The molecule has 7 N–H and O–H groups in total. The van der Waals surface area contributed by atoms with Gasteiger partial charge in [0.2, 0.25) is 5.95 Å². The number of benzene rings is 2. The van der Waals surface area contributed by atoms with E-state index >= 15 is 0 Å². The van der Waals surface area contributed by atoms with Gasteiger partial charge in [-0.2, -0.15) is 0 Å². The Labute approximate surface area is 235 Å². The molecule has 3 heterocycles. The molecule has 1 saturated heterocycles. The van der Waals surface area contributed by atoms with Gasteiger partial charge < -0.3 is 41.0 Å². The zero-order valence-corrected chi connectivity index (χ0v) is 22.1. The highest BCUT2D eigenvalue weighted by Gasteiger charge is 2.45. The first-order valence-corrected chi connectivity index (χ1v) is 13.2. The second kappa shape index (κ2) is 12.5. The third-order valence-electron chi connectivity index (χ3n) is 6.93. The van der Waals surface area contributed by atoms with E-state index in [2.05, 4.69) is 20.3 Å². The Morgan fingerprint density at radius 3 is 2.61 bits per heavy atom. The molecular formula is C28H32N6O7. The van der Waals surface area contributed by atoms with Crippen molar-refractivity contribution in [2.75, 3.05) is 24.3 Å². The summed E-state index contributed by atoms with van der Waals surface area (Å²) in [5.41, 5.74) is 9.38. The number of nitrogen functional groups attached to an aromatic ring is 1. The number of hydrogen-bond donors (Lipinski definition) is 6. The van der Waals surface area contributed by atoms with Crippen LogP contribution in [-0.4, -0.2) is 77.4 Å². The van der Waals surface area contributed by atoms with E-state index in [4.69, 9.17) is 20.3 Å². The van der Waals surface area contributed by atoms with E-state index in [-0.39, 0.29) is 35.9 Å². The summed E-state index contributed by atoms with van der Waals surface area (Å²) in [4.78, 5) is 23.7. The van der Waals surface area contributed by atoms with Crippen LogP contribution in [0.2, 0.25) is 0 Å². The molecule has 0 bridgehead atoms. The number of nitrogens with zero attached hydrogens (tertiary/aromatic N) is 4. The number of carboxylic acids is 1. The summed E-state index contributed by atoms with van der Waals surface area (Å²) in [5.74, 6) is 0.148. The third kappa shape index (κ3) is 6.07. The van der Waals surface area contributed by atoms with Gasteiger partial charge in [0, 0.05) is 18.5 Å². The Balaban J connectivity index is 1.44. The number of aliphatic hydroxyl groups is 3. The van der Waals surface area contributed by atoms with Crippen molar-refractivity contribution in [3.8, 4) is 16.9 Å². The van der Waals surface area contributed by atoms with Gasteiger partial charge >= 0.3 is 5.97 Å². The first kappa shape index (κ1) is 28.2. The summed E-state index contributed by atoms with van der Waals surface area (Å²) in [6.45, 7) is 0.0961. The lowest BCUT2D eigenvalue weighted by Gasteiger charge is -2.20. The van der Waals surface area contributed by atoms with Gasteiger partial charge in [0.15, 0.2) is 23.2 Å². The van der Waals surface area contributed by atoms with Crippen LogP contribution in [0, 0.1) is 0 Å². The Hall–Kier alpha value is -4.30. The van der Waals surface area contributed by atoms with Crippen molar-refractivity contribution in [3.63, 3.8) is 0 Å². The molecule has 1 fully saturated rings. The molecule has 41 heavy (non-hydrogen) atoms. The Morgan fingerprint density at radius 2 is 1.88 bits per heavy atom. The van der Waals surface area contributed by atoms with Crippen LogP contribution < -0.4 is 15.8 Å². The molecule has 0 unspecified atom stereocenters. The van der Waals surface area contributed by atoms with Crippen LogP contribution in [0.3, 0.4) is 0 Å². The maximum atomic E-state index is 10.9. The second-order valence-corrected chi connectivity index (χ2v) is 9.71. The van der Waals surface area contributed by atoms with Crippen LogP contribution in [-0.2, 0) is 16.1 Å². The molecule has 0 saturated carbocycles. The Kier molecular flexibility index (Phi) is 8.59. The van der Waals surface area contributed by atoms with E-state index in [1.807, 2.05) is 48.5 Å². The number of imidazole rings is 1. The maximum Gasteiger partial charge on any atom is 0.303 e. The Bertz CT molecular complexity index is 1500. The number of fused-ring (bicyclic) bond motifs is 1. The predicted octanol–water partition coefficient (Wildman–Crippen LogP) is 1.93. The minimum Gasteiger partial charge on any atom is -0.493 e.